The van der Waals surface area contributed by atoms with Crippen LogP contribution in [0.15, 0.2) is 41.8 Å². The number of benzene rings is 1. The molecule has 1 aromatic carbocycles. The molecule has 4 rings (SSSR count). The normalized spacial score (nSPS) is 11.2. The van der Waals surface area contributed by atoms with Crippen LogP contribution in [0.3, 0.4) is 0 Å². The second-order valence-corrected chi connectivity index (χ2v) is 7.97. The predicted molar refractivity (Wildman–Crippen MR) is 107 cm³/mol. The van der Waals surface area contributed by atoms with E-state index in [9.17, 15) is 4.79 Å². The fourth-order valence-corrected chi connectivity index (χ4v) is 4.77. The Morgan fingerprint density at radius 3 is 2.81 bits per heavy atom. The minimum atomic E-state index is -0.133. The first-order chi connectivity index (χ1) is 12.6. The van der Waals surface area contributed by atoms with Crippen molar-refractivity contribution in [2.45, 2.75) is 20.4 Å². The topological polar surface area (TPSA) is 59.8 Å². The van der Waals surface area contributed by atoms with Crippen molar-refractivity contribution < 1.29 is 4.79 Å². The number of hydrogen-bond acceptors (Lipinski definition) is 5. The third kappa shape index (κ3) is 3.15. The highest BCUT2D eigenvalue weighted by Crippen LogP contribution is 2.30. The average molecular weight is 383 g/mol. The van der Waals surface area contributed by atoms with E-state index in [4.69, 9.17) is 0 Å². The Balaban J connectivity index is 1.43. The van der Waals surface area contributed by atoms with Crippen molar-refractivity contribution in [2.75, 3.05) is 6.54 Å². The molecule has 3 aromatic heterocycles. The fourth-order valence-electron chi connectivity index (χ4n) is 3.01. The standard InChI is InChI=1S/C19H18N4OS2/c1-12-17(16-8-5-11-25-16)13(2)23(22-12)10-9-20-18(24)19-21-14-6-3-4-7-15(14)26-19/h3-8,11H,9-10H2,1-2H3,(H,20,24). The number of carbonyl (C=O) groups excluding carboxylic acids is 1. The van der Waals surface area contributed by atoms with Gasteiger partial charge in [-0.05, 0) is 37.4 Å². The summed E-state index contributed by atoms with van der Waals surface area (Å²) in [5.41, 5.74) is 4.20. The van der Waals surface area contributed by atoms with Crippen molar-refractivity contribution in [3.63, 3.8) is 0 Å². The molecule has 0 radical (unpaired) electrons. The molecular formula is C19H18N4OS2. The molecule has 0 fully saturated rings. The van der Waals surface area contributed by atoms with E-state index >= 15 is 0 Å². The minimum absolute atomic E-state index is 0.133. The van der Waals surface area contributed by atoms with E-state index in [1.54, 1.807) is 11.3 Å². The van der Waals surface area contributed by atoms with Gasteiger partial charge in [-0.15, -0.1) is 22.7 Å². The monoisotopic (exact) mass is 382 g/mol. The lowest BCUT2D eigenvalue weighted by atomic mass is 10.1. The zero-order chi connectivity index (χ0) is 18.1. The van der Waals surface area contributed by atoms with Gasteiger partial charge in [0.25, 0.3) is 5.91 Å². The highest BCUT2D eigenvalue weighted by molar-refractivity contribution is 7.20. The van der Waals surface area contributed by atoms with E-state index in [2.05, 4.69) is 39.8 Å². The van der Waals surface area contributed by atoms with E-state index in [-0.39, 0.29) is 5.91 Å². The molecule has 7 heteroatoms. The summed E-state index contributed by atoms with van der Waals surface area (Å²) in [6.07, 6.45) is 0. The van der Waals surface area contributed by atoms with Gasteiger partial charge in [-0.25, -0.2) is 4.98 Å². The van der Waals surface area contributed by atoms with E-state index in [1.807, 2.05) is 35.9 Å². The SMILES string of the molecule is Cc1nn(CCNC(=O)c2nc3ccccc3s2)c(C)c1-c1cccs1. The van der Waals surface area contributed by atoms with E-state index in [0.717, 1.165) is 21.6 Å². The largest absolute Gasteiger partial charge is 0.348 e. The molecule has 0 saturated carbocycles. The second kappa shape index (κ2) is 7.01. The smallest absolute Gasteiger partial charge is 0.280 e. The number of hydrogen-bond donors (Lipinski definition) is 1. The number of thiophene rings is 1. The molecule has 0 aliphatic heterocycles. The molecule has 0 unspecified atom stereocenters. The van der Waals surface area contributed by atoms with Gasteiger partial charge in [-0.1, -0.05) is 18.2 Å². The third-order valence-electron chi connectivity index (χ3n) is 4.25. The summed E-state index contributed by atoms with van der Waals surface area (Å²) in [5.74, 6) is -0.133. The number of nitrogens with zero attached hydrogens (tertiary/aromatic N) is 3. The molecule has 1 amide bonds. The third-order valence-corrected chi connectivity index (χ3v) is 6.17. The molecule has 0 saturated heterocycles. The molecular weight excluding hydrogens is 364 g/mol. The first-order valence-corrected chi connectivity index (χ1v) is 10.0. The number of nitrogens with one attached hydrogen (secondary N) is 1. The lowest BCUT2D eigenvalue weighted by Gasteiger charge is -2.06. The van der Waals surface area contributed by atoms with Crippen LogP contribution in [-0.2, 0) is 6.54 Å². The van der Waals surface area contributed by atoms with Crippen LogP contribution in [-0.4, -0.2) is 27.2 Å². The maximum absolute atomic E-state index is 12.4. The van der Waals surface area contributed by atoms with Crippen LogP contribution < -0.4 is 5.32 Å². The van der Waals surface area contributed by atoms with Gasteiger partial charge >= 0.3 is 0 Å². The Morgan fingerprint density at radius 2 is 2.04 bits per heavy atom. The summed E-state index contributed by atoms with van der Waals surface area (Å²) >= 11 is 3.13. The van der Waals surface area contributed by atoms with Crippen LogP contribution in [0.2, 0.25) is 0 Å². The zero-order valence-electron chi connectivity index (χ0n) is 14.5. The number of aryl methyl sites for hydroxylation is 1. The highest BCUT2D eigenvalue weighted by Gasteiger charge is 2.15. The Bertz CT molecular complexity index is 1030. The van der Waals surface area contributed by atoms with Crippen molar-refractivity contribution in [3.8, 4) is 10.4 Å². The summed E-state index contributed by atoms with van der Waals surface area (Å²) in [6, 6.07) is 11.9. The molecule has 0 atom stereocenters. The first kappa shape index (κ1) is 16.9. The number of para-hydroxylation sites is 1. The lowest BCUT2D eigenvalue weighted by Crippen LogP contribution is -2.27. The van der Waals surface area contributed by atoms with Crippen molar-refractivity contribution in [2.24, 2.45) is 0 Å². The van der Waals surface area contributed by atoms with Gasteiger partial charge < -0.3 is 5.32 Å². The van der Waals surface area contributed by atoms with Gasteiger partial charge in [0.1, 0.15) is 0 Å². The van der Waals surface area contributed by atoms with Crippen LogP contribution in [0, 0.1) is 13.8 Å². The fraction of sp³-hybridized carbons (Fsp3) is 0.211. The van der Waals surface area contributed by atoms with Gasteiger partial charge in [0, 0.05) is 22.7 Å². The molecule has 3 heterocycles. The Morgan fingerprint density at radius 1 is 1.19 bits per heavy atom. The first-order valence-electron chi connectivity index (χ1n) is 8.35. The minimum Gasteiger partial charge on any atom is -0.348 e. The van der Waals surface area contributed by atoms with E-state index in [1.165, 1.54) is 21.8 Å². The van der Waals surface area contributed by atoms with Gasteiger partial charge in [-0.2, -0.15) is 5.10 Å². The maximum atomic E-state index is 12.4. The quantitative estimate of drug-likeness (QED) is 0.561. The molecule has 132 valence electrons. The van der Waals surface area contributed by atoms with Gasteiger partial charge in [0.15, 0.2) is 5.01 Å². The molecule has 0 aliphatic carbocycles. The number of aromatic nitrogens is 3. The number of thiazole rings is 1. The number of amides is 1. The summed E-state index contributed by atoms with van der Waals surface area (Å²) < 4.78 is 2.99. The summed E-state index contributed by atoms with van der Waals surface area (Å²) in [5, 5.41) is 10.2. The summed E-state index contributed by atoms with van der Waals surface area (Å²) in [7, 11) is 0. The zero-order valence-corrected chi connectivity index (χ0v) is 16.2. The van der Waals surface area contributed by atoms with Gasteiger partial charge in [0.2, 0.25) is 0 Å². The van der Waals surface area contributed by atoms with Crippen LogP contribution in [0.25, 0.3) is 20.7 Å². The Hall–Kier alpha value is -2.51. The number of rotatable bonds is 5. The Kier molecular flexibility index (Phi) is 4.57. The van der Waals surface area contributed by atoms with E-state index in [0.29, 0.717) is 18.1 Å². The van der Waals surface area contributed by atoms with E-state index < -0.39 is 0 Å². The molecule has 5 nitrogen and oxygen atoms in total. The van der Waals surface area contributed by atoms with Crippen LogP contribution in [0.5, 0.6) is 0 Å². The van der Waals surface area contributed by atoms with Crippen LogP contribution in [0.4, 0.5) is 0 Å². The molecule has 26 heavy (non-hydrogen) atoms. The van der Waals surface area contributed by atoms with Crippen molar-refractivity contribution in [1.82, 2.24) is 20.1 Å². The molecule has 0 aliphatic rings. The summed E-state index contributed by atoms with van der Waals surface area (Å²) in [4.78, 5) is 18.0. The second-order valence-electron chi connectivity index (χ2n) is 5.99. The number of fused-ring (bicyclic) bond motifs is 1. The average Bonchev–Trinajstić information content (AvgIpc) is 3.34. The van der Waals surface area contributed by atoms with Crippen molar-refractivity contribution in [3.05, 3.63) is 58.2 Å². The van der Waals surface area contributed by atoms with Crippen LogP contribution in [0.1, 0.15) is 21.2 Å². The molecule has 0 bridgehead atoms. The van der Waals surface area contributed by atoms with Gasteiger partial charge in [0.05, 0.1) is 22.5 Å². The van der Waals surface area contributed by atoms with Crippen molar-refractivity contribution in [1.29, 1.82) is 0 Å². The summed E-state index contributed by atoms with van der Waals surface area (Å²) in [6.45, 7) is 5.25. The molecule has 4 aromatic rings. The van der Waals surface area contributed by atoms with Crippen LogP contribution >= 0.6 is 22.7 Å². The van der Waals surface area contributed by atoms with Crippen molar-refractivity contribution >= 4 is 38.8 Å². The highest BCUT2D eigenvalue weighted by atomic mass is 32.1. The molecule has 1 N–H and O–H groups in total. The predicted octanol–water partition coefficient (Wildman–Crippen LogP) is 4.27. The Labute approximate surface area is 159 Å². The maximum Gasteiger partial charge on any atom is 0.280 e. The van der Waals surface area contributed by atoms with Gasteiger partial charge in [-0.3, -0.25) is 9.48 Å². The number of carbonyl (C=O) groups is 1. The lowest BCUT2D eigenvalue weighted by molar-refractivity contribution is 0.0951. The molecule has 0 spiro atoms.